The van der Waals surface area contributed by atoms with Crippen LogP contribution in [0.1, 0.15) is 13.8 Å². The normalized spacial score (nSPS) is 12.7. The molecule has 1 unspecified atom stereocenters. The van der Waals surface area contributed by atoms with Gasteiger partial charge in [0.1, 0.15) is 12.4 Å². The van der Waals surface area contributed by atoms with Crippen molar-refractivity contribution in [1.29, 1.82) is 0 Å². The number of pyridine rings is 1. The Kier molecular flexibility index (Phi) is 7.91. The van der Waals surface area contributed by atoms with E-state index in [1.54, 1.807) is 6.08 Å². The molecule has 2 aromatic rings. The molecule has 1 heterocycles. The van der Waals surface area contributed by atoms with Crippen LogP contribution in [-0.4, -0.2) is 40.9 Å². The van der Waals surface area contributed by atoms with Gasteiger partial charge in [0.05, 0.1) is 17.3 Å². The highest BCUT2D eigenvalue weighted by atomic mass is 127. The number of thioether (sulfide) groups is 1. The second-order valence-corrected chi connectivity index (χ2v) is 8.37. The summed E-state index contributed by atoms with van der Waals surface area (Å²) in [6, 6.07) is 7.60. The molecule has 6 nitrogen and oxygen atoms in total. The predicted octanol–water partition coefficient (Wildman–Crippen LogP) is 3.99. The number of nitrogens with zero attached hydrogens (tertiary/aromatic N) is 2. The van der Waals surface area contributed by atoms with Crippen molar-refractivity contribution >= 4 is 57.4 Å². The van der Waals surface area contributed by atoms with Gasteiger partial charge in [0, 0.05) is 15.2 Å². The molecule has 0 saturated carbocycles. The topological polar surface area (TPSA) is 72.8 Å². The fourth-order valence-corrected chi connectivity index (χ4v) is 3.12. The van der Waals surface area contributed by atoms with Gasteiger partial charge in [0.25, 0.3) is 5.91 Å². The lowest BCUT2D eigenvalue weighted by molar-refractivity contribution is -0.125. The standard InChI is InChI=1S/C19H22IN3O3S/c1-5-8-25-22-12-19(2,3)23-17(24)18(27-4)26-15-6-7-16-13(10-15)9-14(20)11-21-16/h5-7,9-12,18H,1,8H2,2-4H3,(H,23,24)/b22-12-. The minimum atomic E-state index is -0.694. The van der Waals surface area contributed by atoms with Gasteiger partial charge in [0.2, 0.25) is 5.44 Å². The number of aromatic nitrogens is 1. The second-order valence-electron chi connectivity index (χ2n) is 6.22. The van der Waals surface area contributed by atoms with Crippen LogP contribution in [-0.2, 0) is 9.63 Å². The molecule has 0 aliphatic carbocycles. The van der Waals surface area contributed by atoms with Gasteiger partial charge < -0.3 is 14.9 Å². The number of fused-ring (bicyclic) bond motifs is 1. The third-order valence-corrected chi connectivity index (χ3v) is 4.71. The smallest absolute Gasteiger partial charge is 0.272 e. The van der Waals surface area contributed by atoms with E-state index < -0.39 is 11.0 Å². The first kappa shape index (κ1) is 21.5. The number of oxime groups is 1. The number of nitrogens with one attached hydrogen (secondary N) is 1. The van der Waals surface area contributed by atoms with Gasteiger partial charge in [-0.3, -0.25) is 9.78 Å². The van der Waals surface area contributed by atoms with Gasteiger partial charge in [-0.2, -0.15) is 0 Å². The Balaban J connectivity index is 2.06. The zero-order chi connectivity index (χ0) is 19.9. The third kappa shape index (κ3) is 6.69. The Bertz CT molecular complexity index is 842. The monoisotopic (exact) mass is 499 g/mol. The maximum absolute atomic E-state index is 12.6. The number of amides is 1. The fraction of sp³-hybridized carbons (Fsp3) is 0.316. The van der Waals surface area contributed by atoms with E-state index in [4.69, 9.17) is 9.57 Å². The molecule has 1 N–H and O–H groups in total. The number of hydrogen-bond donors (Lipinski definition) is 1. The van der Waals surface area contributed by atoms with Crippen LogP contribution >= 0.6 is 34.4 Å². The van der Waals surface area contributed by atoms with Crippen LogP contribution in [0.15, 0.2) is 48.3 Å². The molecular formula is C19H22IN3O3S. The average Bonchev–Trinajstić information content (AvgIpc) is 2.62. The van der Waals surface area contributed by atoms with Crippen molar-refractivity contribution in [3.63, 3.8) is 0 Å². The molecule has 1 amide bonds. The van der Waals surface area contributed by atoms with E-state index in [2.05, 4.69) is 44.6 Å². The number of carbonyl (C=O) groups is 1. The number of rotatable bonds is 9. The minimum Gasteiger partial charge on any atom is -0.470 e. The highest BCUT2D eigenvalue weighted by molar-refractivity contribution is 14.1. The van der Waals surface area contributed by atoms with Crippen molar-refractivity contribution in [2.75, 3.05) is 12.9 Å². The zero-order valence-electron chi connectivity index (χ0n) is 15.4. The summed E-state index contributed by atoms with van der Waals surface area (Å²) in [4.78, 5) is 22.0. The molecule has 0 fully saturated rings. The first-order valence-electron chi connectivity index (χ1n) is 8.19. The third-order valence-electron chi connectivity index (χ3n) is 3.38. The molecule has 8 heteroatoms. The number of carbonyl (C=O) groups excluding carboxylic acids is 1. The summed E-state index contributed by atoms with van der Waals surface area (Å²) in [5.41, 5.74) is -0.497. The Labute approximate surface area is 176 Å². The fourth-order valence-electron chi connectivity index (χ4n) is 2.16. The van der Waals surface area contributed by atoms with E-state index in [1.807, 2.05) is 50.6 Å². The Morgan fingerprint density at radius 2 is 2.26 bits per heavy atom. The summed E-state index contributed by atoms with van der Waals surface area (Å²) in [7, 11) is 0. The quantitative estimate of drug-likeness (QED) is 0.141. The summed E-state index contributed by atoms with van der Waals surface area (Å²) in [6.07, 6.45) is 6.77. The van der Waals surface area contributed by atoms with E-state index in [0.717, 1.165) is 14.5 Å². The van der Waals surface area contributed by atoms with Crippen molar-refractivity contribution < 1.29 is 14.4 Å². The summed E-state index contributed by atoms with van der Waals surface area (Å²) < 4.78 is 6.93. The summed E-state index contributed by atoms with van der Waals surface area (Å²) in [6.45, 7) is 7.51. The number of ether oxygens (including phenoxy) is 1. The Morgan fingerprint density at radius 1 is 1.48 bits per heavy atom. The summed E-state index contributed by atoms with van der Waals surface area (Å²) in [5.74, 6) is 0.366. The molecule has 0 radical (unpaired) electrons. The van der Waals surface area contributed by atoms with Crippen LogP contribution in [0.5, 0.6) is 5.75 Å². The summed E-state index contributed by atoms with van der Waals surface area (Å²) in [5, 5.41) is 7.69. The molecular weight excluding hydrogens is 477 g/mol. The van der Waals surface area contributed by atoms with Crippen molar-refractivity contribution in [3.05, 3.63) is 46.7 Å². The van der Waals surface area contributed by atoms with Crippen molar-refractivity contribution in [3.8, 4) is 5.75 Å². The first-order valence-corrected chi connectivity index (χ1v) is 10.6. The average molecular weight is 499 g/mol. The van der Waals surface area contributed by atoms with Crippen molar-refractivity contribution in [1.82, 2.24) is 10.3 Å². The van der Waals surface area contributed by atoms with Crippen molar-refractivity contribution in [2.24, 2.45) is 5.16 Å². The van der Waals surface area contributed by atoms with Crippen LogP contribution < -0.4 is 10.1 Å². The molecule has 2 rings (SSSR count). The number of halogens is 1. The van der Waals surface area contributed by atoms with Gasteiger partial charge in [-0.05, 0) is 67.0 Å². The highest BCUT2D eigenvalue weighted by Gasteiger charge is 2.26. The molecule has 27 heavy (non-hydrogen) atoms. The van der Waals surface area contributed by atoms with Crippen LogP contribution in [0.4, 0.5) is 0 Å². The minimum absolute atomic E-state index is 0.247. The number of benzene rings is 1. The zero-order valence-corrected chi connectivity index (χ0v) is 18.4. The SMILES string of the molecule is C=CCO/N=C\C(C)(C)NC(=O)C(Oc1ccc2ncc(I)cc2c1)SC. The second kappa shape index (κ2) is 9.93. The van der Waals surface area contributed by atoms with E-state index in [9.17, 15) is 4.79 Å². The van der Waals surface area contributed by atoms with Gasteiger partial charge in [-0.15, -0.1) is 11.8 Å². The van der Waals surface area contributed by atoms with Gasteiger partial charge in [0.15, 0.2) is 0 Å². The molecule has 0 bridgehead atoms. The van der Waals surface area contributed by atoms with E-state index >= 15 is 0 Å². The van der Waals surface area contributed by atoms with Gasteiger partial charge >= 0.3 is 0 Å². The maximum Gasteiger partial charge on any atom is 0.272 e. The lowest BCUT2D eigenvalue weighted by Crippen LogP contribution is -2.49. The lowest BCUT2D eigenvalue weighted by Gasteiger charge is -2.24. The van der Waals surface area contributed by atoms with Crippen molar-refractivity contribution in [2.45, 2.75) is 24.8 Å². The summed E-state index contributed by atoms with van der Waals surface area (Å²) >= 11 is 3.53. The highest BCUT2D eigenvalue weighted by Crippen LogP contribution is 2.24. The maximum atomic E-state index is 12.6. The van der Waals surface area contributed by atoms with Crippen LogP contribution in [0, 0.1) is 3.57 Å². The molecule has 144 valence electrons. The molecule has 1 aromatic carbocycles. The van der Waals surface area contributed by atoms with E-state index in [0.29, 0.717) is 12.4 Å². The van der Waals surface area contributed by atoms with Gasteiger partial charge in [-0.1, -0.05) is 17.8 Å². The van der Waals surface area contributed by atoms with Crippen LogP contribution in [0.25, 0.3) is 10.9 Å². The largest absolute Gasteiger partial charge is 0.470 e. The number of hydrogen-bond acceptors (Lipinski definition) is 6. The van der Waals surface area contributed by atoms with Gasteiger partial charge in [-0.25, -0.2) is 0 Å². The Morgan fingerprint density at radius 3 is 2.96 bits per heavy atom. The molecule has 1 aromatic heterocycles. The van der Waals surface area contributed by atoms with Crippen LogP contribution in [0.3, 0.4) is 0 Å². The lowest BCUT2D eigenvalue weighted by atomic mass is 10.1. The first-order chi connectivity index (χ1) is 12.8. The molecule has 0 saturated heterocycles. The Hall–Kier alpha value is -1.81. The van der Waals surface area contributed by atoms with E-state index in [-0.39, 0.29) is 5.91 Å². The van der Waals surface area contributed by atoms with E-state index in [1.165, 1.54) is 18.0 Å². The molecule has 0 aliphatic rings. The molecule has 0 spiro atoms. The molecule has 1 atom stereocenters. The predicted molar refractivity (Wildman–Crippen MR) is 119 cm³/mol. The molecule has 0 aliphatic heterocycles. The van der Waals surface area contributed by atoms with Crippen LogP contribution in [0.2, 0.25) is 0 Å².